The van der Waals surface area contributed by atoms with Gasteiger partial charge in [0.2, 0.25) is 10.0 Å². The van der Waals surface area contributed by atoms with Crippen LogP contribution in [0.1, 0.15) is 12.5 Å². The molecule has 102 valence electrons. The lowest BCUT2D eigenvalue weighted by Crippen LogP contribution is -2.37. The Morgan fingerprint density at radius 2 is 2.11 bits per heavy atom. The van der Waals surface area contributed by atoms with Crippen molar-refractivity contribution < 1.29 is 17.9 Å². The third kappa shape index (κ3) is 2.69. The van der Waals surface area contributed by atoms with Gasteiger partial charge in [-0.2, -0.15) is 4.31 Å². The molecule has 0 spiro atoms. The van der Waals surface area contributed by atoms with Crippen molar-refractivity contribution in [2.75, 3.05) is 13.7 Å². The summed E-state index contributed by atoms with van der Waals surface area (Å²) in [5, 5.41) is 8.99. The quantitative estimate of drug-likeness (QED) is 0.809. The van der Waals surface area contributed by atoms with Crippen LogP contribution in [0, 0.1) is 5.82 Å². The molecule has 0 amide bonds. The van der Waals surface area contributed by atoms with Crippen LogP contribution in [0.5, 0.6) is 0 Å². The summed E-state index contributed by atoms with van der Waals surface area (Å²) in [5.74, 6) is -0.649. The summed E-state index contributed by atoms with van der Waals surface area (Å²) in [4.78, 5) is -0.159. The van der Waals surface area contributed by atoms with Gasteiger partial charge in [-0.3, -0.25) is 0 Å². The summed E-state index contributed by atoms with van der Waals surface area (Å²) in [5.41, 5.74) is 5.34. The lowest BCUT2D eigenvalue weighted by Gasteiger charge is -2.23. The Bertz CT molecular complexity index is 519. The predicted octanol–water partition coefficient (Wildman–Crippen LogP) is 0.286. The first kappa shape index (κ1) is 15.0. The number of sulfonamides is 1. The van der Waals surface area contributed by atoms with Gasteiger partial charge in [0.1, 0.15) is 5.82 Å². The molecule has 0 aliphatic heterocycles. The van der Waals surface area contributed by atoms with Gasteiger partial charge < -0.3 is 10.8 Å². The SMILES string of the molecule is CC(CO)N(C)S(=O)(=O)c1cccc(F)c1CN. The third-order valence-electron chi connectivity index (χ3n) is 2.82. The third-order valence-corrected chi connectivity index (χ3v) is 4.88. The van der Waals surface area contributed by atoms with Crippen LogP contribution in [0.4, 0.5) is 4.39 Å². The standard InChI is InChI=1S/C11H17FN2O3S/c1-8(7-15)14(2)18(16,17)11-5-3-4-10(12)9(11)6-13/h3-5,8,15H,6-7,13H2,1-2H3. The van der Waals surface area contributed by atoms with Gasteiger partial charge in [0.05, 0.1) is 11.5 Å². The van der Waals surface area contributed by atoms with Gasteiger partial charge in [-0.25, -0.2) is 12.8 Å². The van der Waals surface area contributed by atoms with E-state index in [9.17, 15) is 12.8 Å². The Hall–Kier alpha value is -1.02. The van der Waals surface area contributed by atoms with Gasteiger partial charge in [-0.1, -0.05) is 6.07 Å². The Labute approximate surface area is 106 Å². The highest BCUT2D eigenvalue weighted by molar-refractivity contribution is 7.89. The maximum atomic E-state index is 13.5. The van der Waals surface area contributed by atoms with E-state index in [1.165, 1.54) is 19.2 Å². The van der Waals surface area contributed by atoms with Crippen molar-refractivity contribution in [2.45, 2.75) is 24.4 Å². The fraction of sp³-hybridized carbons (Fsp3) is 0.455. The predicted molar refractivity (Wildman–Crippen MR) is 65.8 cm³/mol. The molecule has 7 heteroatoms. The van der Waals surface area contributed by atoms with Crippen molar-refractivity contribution in [1.82, 2.24) is 4.31 Å². The van der Waals surface area contributed by atoms with Crippen LogP contribution in [0.2, 0.25) is 0 Å². The van der Waals surface area contributed by atoms with Crippen LogP contribution < -0.4 is 5.73 Å². The molecule has 0 fully saturated rings. The number of hydrogen-bond acceptors (Lipinski definition) is 4. The number of aliphatic hydroxyl groups is 1. The molecule has 1 atom stereocenters. The topological polar surface area (TPSA) is 83.6 Å². The Kier molecular flexibility index (Phi) is 4.80. The number of hydrogen-bond donors (Lipinski definition) is 2. The van der Waals surface area contributed by atoms with Gasteiger partial charge >= 0.3 is 0 Å². The summed E-state index contributed by atoms with van der Waals surface area (Å²) >= 11 is 0. The van der Waals surface area contributed by atoms with E-state index < -0.39 is 21.9 Å². The molecular formula is C11H17FN2O3S. The minimum Gasteiger partial charge on any atom is -0.395 e. The van der Waals surface area contributed by atoms with E-state index in [0.29, 0.717) is 0 Å². The molecular weight excluding hydrogens is 259 g/mol. The number of nitrogens with zero attached hydrogens (tertiary/aromatic N) is 1. The van der Waals surface area contributed by atoms with Crippen LogP contribution in [-0.4, -0.2) is 37.5 Å². The normalized spacial score (nSPS) is 13.9. The molecule has 0 aromatic heterocycles. The Morgan fingerprint density at radius 3 is 2.61 bits per heavy atom. The molecule has 0 aliphatic rings. The minimum atomic E-state index is -3.86. The zero-order chi connectivity index (χ0) is 13.9. The first-order chi connectivity index (χ1) is 8.36. The average Bonchev–Trinajstić information content (AvgIpc) is 2.36. The van der Waals surface area contributed by atoms with Crippen molar-refractivity contribution in [3.05, 3.63) is 29.6 Å². The maximum absolute atomic E-state index is 13.5. The van der Waals surface area contributed by atoms with Crippen molar-refractivity contribution >= 4 is 10.0 Å². The number of nitrogens with two attached hydrogens (primary N) is 1. The van der Waals surface area contributed by atoms with Gasteiger partial charge in [0, 0.05) is 25.2 Å². The number of rotatable bonds is 5. The lowest BCUT2D eigenvalue weighted by atomic mass is 10.2. The van der Waals surface area contributed by atoms with Crippen molar-refractivity contribution in [3.8, 4) is 0 Å². The van der Waals surface area contributed by atoms with Crippen LogP contribution in [0.3, 0.4) is 0 Å². The molecule has 1 aromatic rings. The van der Waals surface area contributed by atoms with Crippen molar-refractivity contribution in [3.63, 3.8) is 0 Å². The van der Waals surface area contributed by atoms with Crippen molar-refractivity contribution in [1.29, 1.82) is 0 Å². The molecule has 0 saturated carbocycles. The number of benzene rings is 1. The van der Waals surface area contributed by atoms with Crippen LogP contribution >= 0.6 is 0 Å². The van der Waals surface area contributed by atoms with E-state index in [2.05, 4.69) is 0 Å². The van der Waals surface area contributed by atoms with E-state index in [-0.39, 0.29) is 23.6 Å². The first-order valence-corrected chi connectivity index (χ1v) is 6.86. The largest absolute Gasteiger partial charge is 0.395 e. The van der Waals surface area contributed by atoms with E-state index in [1.807, 2.05) is 0 Å². The number of aliphatic hydroxyl groups excluding tert-OH is 1. The van der Waals surface area contributed by atoms with Gasteiger partial charge in [0.15, 0.2) is 0 Å². The molecule has 0 heterocycles. The minimum absolute atomic E-state index is 0.0468. The van der Waals surface area contributed by atoms with E-state index in [1.54, 1.807) is 6.92 Å². The lowest BCUT2D eigenvalue weighted by molar-refractivity contribution is 0.213. The van der Waals surface area contributed by atoms with Gasteiger partial charge in [-0.15, -0.1) is 0 Å². The van der Waals surface area contributed by atoms with Gasteiger partial charge in [0.25, 0.3) is 0 Å². The zero-order valence-corrected chi connectivity index (χ0v) is 11.1. The number of likely N-dealkylation sites (N-methyl/N-ethyl adjacent to an activating group) is 1. The number of halogens is 1. The van der Waals surface area contributed by atoms with E-state index >= 15 is 0 Å². The molecule has 0 radical (unpaired) electrons. The fourth-order valence-electron chi connectivity index (χ4n) is 1.49. The molecule has 0 bridgehead atoms. The first-order valence-electron chi connectivity index (χ1n) is 5.42. The summed E-state index contributed by atoms with van der Waals surface area (Å²) in [6, 6.07) is 3.19. The fourth-order valence-corrected chi connectivity index (χ4v) is 3.08. The monoisotopic (exact) mass is 276 g/mol. The summed E-state index contributed by atoms with van der Waals surface area (Å²) < 4.78 is 39.0. The molecule has 0 saturated heterocycles. The second kappa shape index (κ2) is 5.75. The molecule has 18 heavy (non-hydrogen) atoms. The zero-order valence-electron chi connectivity index (χ0n) is 10.3. The van der Waals surface area contributed by atoms with Crippen molar-refractivity contribution in [2.24, 2.45) is 5.73 Å². The van der Waals surface area contributed by atoms with Crippen LogP contribution in [-0.2, 0) is 16.6 Å². The maximum Gasteiger partial charge on any atom is 0.243 e. The van der Waals surface area contributed by atoms with E-state index in [0.717, 1.165) is 10.4 Å². The smallest absolute Gasteiger partial charge is 0.243 e. The van der Waals surface area contributed by atoms with Crippen LogP contribution in [0.25, 0.3) is 0 Å². The molecule has 1 rings (SSSR count). The summed E-state index contributed by atoms with van der Waals surface area (Å²) in [6.45, 7) is 1.03. The Morgan fingerprint density at radius 1 is 1.50 bits per heavy atom. The summed E-state index contributed by atoms with van der Waals surface area (Å²) in [7, 11) is -2.53. The Balaban J connectivity index is 3.33. The van der Waals surface area contributed by atoms with Gasteiger partial charge in [-0.05, 0) is 19.1 Å². The highest BCUT2D eigenvalue weighted by Crippen LogP contribution is 2.22. The molecule has 1 aromatic carbocycles. The highest BCUT2D eigenvalue weighted by atomic mass is 32.2. The average molecular weight is 276 g/mol. The second-order valence-electron chi connectivity index (χ2n) is 3.97. The van der Waals surface area contributed by atoms with E-state index in [4.69, 9.17) is 10.8 Å². The molecule has 5 nitrogen and oxygen atoms in total. The van der Waals surface area contributed by atoms with Crippen LogP contribution in [0.15, 0.2) is 23.1 Å². The highest BCUT2D eigenvalue weighted by Gasteiger charge is 2.28. The molecule has 3 N–H and O–H groups in total. The molecule has 0 aliphatic carbocycles. The molecule has 1 unspecified atom stereocenters. The second-order valence-corrected chi connectivity index (χ2v) is 5.94. The summed E-state index contributed by atoms with van der Waals surface area (Å²) in [6.07, 6.45) is 0.